The molecular weight excluding hydrogens is 429 g/mol. The van der Waals surface area contributed by atoms with Gasteiger partial charge in [0.2, 0.25) is 5.91 Å². The summed E-state index contributed by atoms with van der Waals surface area (Å²) in [5, 5.41) is 4.54. The Kier molecular flexibility index (Phi) is 5.52. The van der Waals surface area contributed by atoms with E-state index in [1.54, 1.807) is 0 Å². The zero-order valence-electron chi connectivity index (χ0n) is 19.7. The quantitative estimate of drug-likeness (QED) is 0.580. The van der Waals surface area contributed by atoms with Gasteiger partial charge in [-0.3, -0.25) is 4.79 Å². The lowest BCUT2D eigenvalue weighted by Gasteiger charge is -2.36. The van der Waals surface area contributed by atoms with Crippen LogP contribution in [0.5, 0.6) is 0 Å². The van der Waals surface area contributed by atoms with Crippen LogP contribution >= 0.6 is 0 Å². The third-order valence-electron chi connectivity index (χ3n) is 7.88. The number of benzene rings is 1. The van der Waals surface area contributed by atoms with Crippen LogP contribution in [0.3, 0.4) is 0 Å². The number of carbonyl (C=O) groups excluding carboxylic acids is 1. The zero-order valence-corrected chi connectivity index (χ0v) is 19.7. The van der Waals surface area contributed by atoms with Crippen LogP contribution in [-0.2, 0) is 4.79 Å². The molecule has 1 aromatic carbocycles. The van der Waals surface area contributed by atoms with Crippen molar-refractivity contribution in [3.63, 3.8) is 0 Å². The van der Waals surface area contributed by atoms with Gasteiger partial charge >= 0.3 is 0 Å². The molecule has 2 aliphatic heterocycles. The molecule has 3 fully saturated rings. The van der Waals surface area contributed by atoms with Crippen molar-refractivity contribution in [3.05, 3.63) is 54.4 Å². The molecule has 0 spiro atoms. The summed E-state index contributed by atoms with van der Waals surface area (Å²) in [7, 11) is 0. The number of anilines is 1. The topological polar surface area (TPSA) is 44.1 Å². The van der Waals surface area contributed by atoms with Gasteiger partial charge in [0.15, 0.2) is 0 Å². The number of likely N-dealkylation sites (tertiary alicyclic amines) is 1. The van der Waals surface area contributed by atoms with Crippen molar-refractivity contribution >= 4 is 17.1 Å². The fourth-order valence-corrected chi connectivity index (χ4v) is 5.59. The second-order valence-corrected chi connectivity index (χ2v) is 9.95. The van der Waals surface area contributed by atoms with Gasteiger partial charge in [0.25, 0.3) is 0 Å². The van der Waals surface area contributed by atoms with Crippen LogP contribution in [0.2, 0.25) is 0 Å². The number of amides is 1. The van der Waals surface area contributed by atoms with Gasteiger partial charge in [-0.25, -0.2) is 8.91 Å². The maximum Gasteiger partial charge on any atom is 0.228 e. The number of halogens is 1. The van der Waals surface area contributed by atoms with Gasteiger partial charge in [0.1, 0.15) is 6.17 Å². The number of fused-ring (bicyclic) bond motifs is 1. The molecule has 3 atom stereocenters. The summed E-state index contributed by atoms with van der Waals surface area (Å²) < 4.78 is 15.2. The van der Waals surface area contributed by atoms with Crippen LogP contribution in [-0.4, -0.2) is 77.3 Å². The Morgan fingerprint density at radius 1 is 1.06 bits per heavy atom. The molecule has 1 aliphatic carbocycles. The fraction of sp³-hybridized carbons (Fsp3) is 0.481. The Bertz CT molecular complexity index is 1180. The van der Waals surface area contributed by atoms with E-state index in [0.717, 1.165) is 42.9 Å². The van der Waals surface area contributed by atoms with Crippen LogP contribution in [0.1, 0.15) is 31.2 Å². The maximum atomic E-state index is 13.3. The molecule has 6 rings (SSSR count). The molecule has 7 heteroatoms. The molecule has 6 nitrogen and oxygen atoms in total. The number of likely N-dealkylation sites (N-methyl/N-ethyl adjacent to an activating group) is 1. The van der Waals surface area contributed by atoms with Crippen molar-refractivity contribution in [2.45, 2.75) is 31.9 Å². The van der Waals surface area contributed by atoms with Crippen molar-refractivity contribution < 1.29 is 9.18 Å². The Morgan fingerprint density at radius 2 is 1.82 bits per heavy atom. The minimum Gasteiger partial charge on any atom is -0.366 e. The minimum atomic E-state index is -0.928. The first-order valence-corrected chi connectivity index (χ1v) is 12.6. The molecule has 178 valence electrons. The second-order valence-electron chi connectivity index (χ2n) is 9.95. The van der Waals surface area contributed by atoms with Crippen molar-refractivity contribution in [2.75, 3.05) is 50.7 Å². The molecule has 3 aromatic rings. The van der Waals surface area contributed by atoms with E-state index in [-0.39, 0.29) is 5.91 Å². The average Bonchev–Trinajstić information content (AvgIpc) is 3.26. The molecule has 0 radical (unpaired) electrons. The lowest BCUT2D eigenvalue weighted by molar-refractivity contribution is -0.133. The summed E-state index contributed by atoms with van der Waals surface area (Å²) in [5.74, 6) is 0.232. The molecule has 0 bridgehead atoms. The number of aromatic nitrogens is 2. The summed E-state index contributed by atoms with van der Waals surface area (Å²) in [5.41, 5.74) is 5.99. The normalized spacial score (nSPS) is 25.3. The largest absolute Gasteiger partial charge is 0.366 e. The molecule has 2 saturated heterocycles. The van der Waals surface area contributed by atoms with Crippen LogP contribution in [0.25, 0.3) is 16.6 Å². The third-order valence-corrected chi connectivity index (χ3v) is 7.88. The highest BCUT2D eigenvalue weighted by molar-refractivity contribution is 5.83. The van der Waals surface area contributed by atoms with E-state index in [1.165, 1.54) is 24.1 Å². The molecule has 34 heavy (non-hydrogen) atoms. The number of rotatable bonds is 5. The first-order chi connectivity index (χ1) is 16.6. The predicted molar refractivity (Wildman–Crippen MR) is 132 cm³/mol. The predicted octanol–water partition coefficient (Wildman–Crippen LogP) is 3.82. The van der Waals surface area contributed by atoms with E-state index < -0.39 is 12.1 Å². The first-order valence-electron chi connectivity index (χ1n) is 12.6. The molecule has 1 saturated carbocycles. The molecule has 3 aliphatic rings. The van der Waals surface area contributed by atoms with Gasteiger partial charge in [-0.05, 0) is 55.1 Å². The van der Waals surface area contributed by atoms with E-state index in [1.807, 2.05) is 15.6 Å². The average molecular weight is 462 g/mol. The molecule has 0 unspecified atom stereocenters. The summed E-state index contributed by atoms with van der Waals surface area (Å²) in [4.78, 5) is 19.0. The Morgan fingerprint density at radius 3 is 2.50 bits per heavy atom. The number of hydrogen-bond acceptors (Lipinski definition) is 4. The Hall–Kier alpha value is -2.93. The van der Waals surface area contributed by atoms with E-state index in [2.05, 4.69) is 64.4 Å². The lowest BCUT2D eigenvalue weighted by atomic mass is 9.96. The van der Waals surface area contributed by atoms with Gasteiger partial charge in [-0.15, -0.1) is 0 Å². The van der Waals surface area contributed by atoms with Crippen LogP contribution < -0.4 is 4.90 Å². The molecule has 1 amide bonds. The van der Waals surface area contributed by atoms with Crippen molar-refractivity contribution in [2.24, 2.45) is 5.92 Å². The lowest BCUT2D eigenvalue weighted by Crippen LogP contribution is -2.49. The summed E-state index contributed by atoms with van der Waals surface area (Å²) in [6.45, 7) is 8.51. The van der Waals surface area contributed by atoms with Crippen molar-refractivity contribution in [1.82, 2.24) is 19.4 Å². The van der Waals surface area contributed by atoms with Crippen LogP contribution in [0.4, 0.5) is 10.1 Å². The first kappa shape index (κ1) is 21.6. The summed E-state index contributed by atoms with van der Waals surface area (Å²) >= 11 is 0. The van der Waals surface area contributed by atoms with Crippen molar-refractivity contribution in [1.29, 1.82) is 0 Å². The Labute approximate surface area is 199 Å². The summed E-state index contributed by atoms with van der Waals surface area (Å²) in [6.07, 6.45) is 4.64. The van der Waals surface area contributed by atoms with E-state index in [9.17, 15) is 9.18 Å². The highest BCUT2D eigenvalue weighted by atomic mass is 19.1. The SMILES string of the molecule is CCN1CC[C@H](c2ccc(-c3cc4c(N5CCN(C(=O)[C@H]6C[C@H]6F)CC5)ccnn4c3)cc2)C1. The molecule has 4 heterocycles. The standard InChI is InChI=1S/C27H32FN5O/c1-2-30-10-8-21(17-30)19-3-5-20(6-4-19)22-15-26-25(7-9-29-33(26)18-22)31-11-13-32(14-12-31)27(34)23-16-24(23)28/h3-7,9,15,18,21,23-24H,2,8,10-14,16-17H2,1H3/t21-,23-,24+/m0/s1. The number of carbonyl (C=O) groups is 1. The number of alkyl halides is 1. The zero-order chi connectivity index (χ0) is 23.2. The van der Waals surface area contributed by atoms with Gasteiger partial charge in [-0.2, -0.15) is 5.10 Å². The monoisotopic (exact) mass is 461 g/mol. The number of nitrogens with zero attached hydrogens (tertiary/aromatic N) is 5. The maximum absolute atomic E-state index is 13.3. The fourth-order valence-electron chi connectivity index (χ4n) is 5.59. The van der Waals surface area contributed by atoms with Gasteiger partial charge in [0, 0.05) is 50.7 Å². The van der Waals surface area contributed by atoms with E-state index >= 15 is 0 Å². The third kappa shape index (κ3) is 3.96. The van der Waals surface area contributed by atoms with Gasteiger partial charge in [-0.1, -0.05) is 31.2 Å². The van der Waals surface area contributed by atoms with Crippen LogP contribution in [0, 0.1) is 5.92 Å². The number of hydrogen-bond donors (Lipinski definition) is 0. The minimum absolute atomic E-state index is 0.0135. The smallest absolute Gasteiger partial charge is 0.228 e. The highest BCUT2D eigenvalue weighted by Gasteiger charge is 2.46. The summed E-state index contributed by atoms with van der Waals surface area (Å²) in [6, 6.07) is 13.3. The van der Waals surface area contributed by atoms with E-state index in [4.69, 9.17) is 0 Å². The van der Waals surface area contributed by atoms with Gasteiger partial charge < -0.3 is 14.7 Å². The van der Waals surface area contributed by atoms with Crippen LogP contribution in [0.15, 0.2) is 48.8 Å². The van der Waals surface area contributed by atoms with Crippen molar-refractivity contribution in [3.8, 4) is 11.1 Å². The molecular formula is C27H32FN5O. The van der Waals surface area contributed by atoms with Gasteiger partial charge in [0.05, 0.1) is 17.1 Å². The molecule has 0 N–H and O–H groups in total. The molecule has 2 aromatic heterocycles. The number of piperazine rings is 1. The van der Waals surface area contributed by atoms with E-state index in [0.29, 0.717) is 25.4 Å². The highest BCUT2D eigenvalue weighted by Crippen LogP contribution is 2.36. The Balaban J connectivity index is 1.18. The second kappa shape index (κ2) is 8.69.